The van der Waals surface area contributed by atoms with E-state index in [2.05, 4.69) is 21.9 Å². The summed E-state index contributed by atoms with van der Waals surface area (Å²) in [5.74, 6) is 0. The van der Waals surface area contributed by atoms with Gasteiger partial charge in [-0.15, -0.1) is 0 Å². The van der Waals surface area contributed by atoms with Gasteiger partial charge in [0, 0.05) is 6.20 Å². The highest BCUT2D eigenvalue weighted by molar-refractivity contribution is 5.69. The Balaban J connectivity index is 2.26. The lowest BCUT2D eigenvalue weighted by Gasteiger charge is -1.97. The van der Waals surface area contributed by atoms with Crippen molar-refractivity contribution in [3.63, 3.8) is 0 Å². The molecular formula is C10H13N3. The van der Waals surface area contributed by atoms with E-state index in [-0.39, 0.29) is 0 Å². The fourth-order valence-corrected chi connectivity index (χ4v) is 1.35. The van der Waals surface area contributed by atoms with E-state index in [1.165, 1.54) is 12.8 Å². The fourth-order valence-electron chi connectivity index (χ4n) is 1.35. The molecule has 0 saturated carbocycles. The van der Waals surface area contributed by atoms with Crippen LogP contribution in [0.15, 0.2) is 18.5 Å². The van der Waals surface area contributed by atoms with Crippen molar-refractivity contribution in [1.29, 1.82) is 0 Å². The van der Waals surface area contributed by atoms with E-state index in [1.807, 2.05) is 18.5 Å². The topological polar surface area (TPSA) is 41.6 Å². The van der Waals surface area contributed by atoms with Gasteiger partial charge in [0.1, 0.15) is 5.52 Å². The molecule has 13 heavy (non-hydrogen) atoms. The van der Waals surface area contributed by atoms with E-state index >= 15 is 0 Å². The third-order valence-electron chi connectivity index (χ3n) is 2.10. The van der Waals surface area contributed by atoms with Gasteiger partial charge in [0.2, 0.25) is 0 Å². The van der Waals surface area contributed by atoms with Crippen molar-refractivity contribution in [2.75, 3.05) is 0 Å². The molecule has 2 aromatic rings. The Kier molecular flexibility index (Phi) is 2.25. The second-order valence-corrected chi connectivity index (χ2v) is 3.18. The Morgan fingerprint density at radius 3 is 3.23 bits per heavy atom. The normalized spacial score (nSPS) is 10.8. The Morgan fingerprint density at radius 2 is 2.38 bits per heavy atom. The number of nitrogens with zero attached hydrogens (tertiary/aromatic N) is 2. The van der Waals surface area contributed by atoms with Crippen LogP contribution >= 0.6 is 0 Å². The molecule has 68 valence electrons. The first kappa shape index (κ1) is 8.23. The lowest BCUT2D eigenvalue weighted by Crippen LogP contribution is -1.91. The monoisotopic (exact) mass is 175 g/mol. The molecule has 3 nitrogen and oxygen atoms in total. The zero-order chi connectivity index (χ0) is 9.10. The average Bonchev–Trinajstić information content (AvgIpc) is 2.61. The van der Waals surface area contributed by atoms with Crippen molar-refractivity contribution in [2.24, 2.45) is 0 Å². The quantitative estimate of drug-likeness (QED) is 0.777. The Hall–Kier alpha value is -1.38. The summed E-state index contributed by atoms with van der Waals surface area (Å²) in [4.78, 5) is 11.8. The van der Waals surface area contributed by atoms with Crippen LogP contribution < -0.4 is 0 Å². The Bertz CT molecular complexity index is 392. The van der Waals surface area contributed by atoms with Crippen LogP contribution in [0.3, 0.4) is 0 Å². The molecule has 0 aromatic carbocycles. The predicted molar refractivity (Wildman–Crippen MR) is 52.5 cm³/mol. The van der Waals surface area contributed by atoms with Crippen LogP contribution in [0, 0.1) is 0 Å². The van der Waals surface area contributed by atoms with E-state index in [0.29, 0.717) is 0 Å². The SMILES string of the molecule is CCCCc1cnc2[nH]ccc2n1. The van der Waals surface area contributed by atoms with Crippen LogP contribution in [0.5, 0.6) is 0 Å². The van der Waals surface area contributed by atoms with E-state index in [1.54, 1.807) is 0 Å². The second kappa shape index (κ2) is 3.56. The van der Waals surface area contributed by atoms with Crippen LogP contribution in [0.25, 0.3) is 11.2 Å². The van der Waals surface area contributed by atoms with Gasteiger partial charge in [-0.25, -0.2) is 9.97 Å². The lowest BCUT2D eigenvalue weighted by molar-refractivity contribution is 0.776. The molecule has 2 aromatic heterocycles. The molecule has 2 heterocycles. The summed E-state index contributed by atoms with van der Waals surface area (Å²) < 4.78 is 0. The van der Waals surface area contributed by atoms with E-state index < -0.39 is 0 Å². The summed E-state index contributed by atoms with van der Waals surface area (Å²) in [7, 11) is 0. The molecule has 0 aliphatic carbocycles. The summed E-state index contributed by atoms with van der Waals surface area (Å²) in [5.41, 5.74) is 2.93. The summed E-state index contributed by atoms with van der Waals surface area (Å²) in [5, 5.41) is 0. The van der Waals surface area contributed by atoms with Crippen LogP contribution in [0.4, 0.5) is 0 Å². The summed E-state index contributed by atoms with van der Waals surface area (Å²) >= 11 is 0. The summed E-state index contributed by atoms with van der Waals surface area (Å²) in [6, 6.07) is 1.96. The molecular weight excluding hydrogens is 162 g/mol. The van der Waals surface area contributed by atoms with Gasteiger partial charge in [-0.2, -0.15) is 0 Å². The maximum atomic E-state index is 4.48. The first-order chi connectivity index (χ1) is 6.40. The van der Waals surface area contributed by atoms with Gasteiger partial charge >= 0.3 is 0 Å². The molecule has 0 aliphatic rings. The number of aromatic amines is 1. The lowest BCUT2D eigenvalue weighted by atomic mass is 10.2. The largest absolute Gasteiger partial charge is 0.345 e. The first-order valence-electron chi connectivity index (χ1n) is 4.69. The van der Waals surface area contributed by atoms with Crippen LogP contribution in [-0.2, 0) is 6.42 Å². The second-order valence-electron chi connectivity index (χ2n) is 3.18. The molecule has 0 bridgehead atoms. The maximum Gasteiger partial charge on any atom is 0.155 e. The fraction of sp³-hybridized carbons (Fsp3) is 0.400. The van der Waals surface area contributed by atoms with Crippen molar-refractivity contribution >= 4 is 11.2 Å². The minimum Gasteiger partial charge on any atom is -0.345 e. The number of rotatable bonds is 3. The molecule has 0 spiro atoms. The smallest absolute Gasteiger partial charge is 0.155 e. The van der Waals surface area contributed by atoms with Crippen molar-refractivity contribution in [3.8, 4) is 0 Å². The average molecular weight is 175 g/mol. The Morgan fingerprint density at radius 1 is 1.46 bits per heavy atom. The molecule has 3 heteroatoms. The zero-order valence-electron chi connectivity index (χ0n) is 7.75. The zero-order valence-corrected chi connectivity index (χ0v) is 7.75. The van der Waals surface area contributed by atoms with Gasteiger partial charge in [0.25, 0.3) is 0 Å². The van der Waals surface area contributed by atoms with Gasteiger partial charge in [-0.05, 0) is 18.9 Å². The van der Waals surface area contributed by atoms with Gasteiger partial charge in [-0.1, -0.05) is 13.3 Å². The number of H-pyrrole nitrogens is 1. The molecule has 0 radical (unpaired) electrons. The highest BCUT2D eigenvalue weighted by atomic mass is 14.9. The molecule has 0 aliphatic heterocycles. The van der Waals surface area contributed by atoms with Crippen molar-refractivity contribution in [2.45, 2.75) is 26.2 Å². The van der Waals surface area contributed by atoms with Gasteiger partial charge in [-0.3, -0.25) is 0 Å². The number of aryl methyl sites for hydroxylation is 1. The number of fused-ring (bicyclic) bond motifs is 1. The van der Waals surface area contributed by atoms with Crippen LogP contribution in [-0.4, -0.2) is 15.0 Å². The first-order valence-corrected chi connectivity index (χ1v) is 4.69. The van der Waals surface area contributed by atoms with Gasteiger partial charge < -0.3 is 4.98 Å². The van der Waals surface area contributed by atoms with E-state index in [9.17, 15) is 0 Å². The van der Waals surface area contributed by atoms with E-state index in [0.717, 1.165) is 23.3 Å². The molecule has 0 unspecified atom stereocenters. The minimum absolute atomic E-state index is 0.875. The summed E-state index contributed by atoms with van der Waals surface area (Å²) in [6.07, 6.45) is 7.14. The molecule has 0 fully saturated rings. The minimum atomic E-state index is 0.875. The van der Waals surface area contributed by atoms with Crippen molar-refractivity contribution < 1.29 is 0 Å². The molecule has 0 amide bonds. The van der Waals surface area contributed by atoms with Gasteiger partial charge in [0.05, 0.1) is 11.9 Å². The van der Waals surface area contributed by atoms with E-state index in [4.69, 9.17) is 0 Å². The highest BCUT2D eigenvalue weighted by Gasteiger charge is 1.99. The third-order valence-corrected chi connectivity index (χ3v) is 2.10. The van der Waals surface area contributed by atoms with Crippen molar-refractivity contribution in [3.05, 3.63) is 24.2 Å². The number of hydrogen-bond donors (Lipinski definition) is 1. The highest BCUT2D eigenvalue weighted by Crippen LogP contribution is 2.08. The number of aromatic nitrogens is 3. The number of nitrogens with one attached hydrogen (secondary N) is 1. The molecule has 2 rings (SSSR count). The third kappa shape index (κ3) is 1.69. The maximum absolute atomic E-state index is 4.48. The number of hydrogen-bond acceptors (Lipinski definition) is 2. The predicted octanol–water partition coefficient (Wildman–Crippen LogP) is 2.30. The molecule has 0 saturated heterocycles. The standard InChI is InChI=1S/C10H13N3/c1-2-3-4-8-7-12-10-9(13-8)5-6-11-10/h5-7H,2-4H2,1H3,(H,11,12). The Labute approximate surface area is 77.2 Å². The van der Waals surface area contributed by atoms with Crippen LogP contribution in [0.1, 0.15) is 25.5 Å². The summed E-state index contributed by atoms with van der Waals surface area (Å²) in [6.45, 7) is 2.18. The van der Waals surface area contributed by atoms with Crippen molar-refractivity contribution in [1.82, 2.24) is 15.0 Å². The van der Waals surface area contributed by atoms with Gasteiger partial charge in [0.15, 0.2) is 5.65 Å². The molecule has 1 N–H and O–H groups in total. The van der Waals surface area contributed by atoms with Crippen LogP contribution in [0.2, 0.25) is 0 Å². The molecule has 0 atom stereocenters. The number of unbranched alkanes of at least 4 members (excludes halogenated alkanes) is 1.